The third kappa shape index (κ3) is 4.84. The Kier molecular flexibility index (Phi) is 6.50. The Bertz CT molecular complexity index is 1560. The number of H-pyrrole nitrogens is 1. The van der Waals surface area contributed by atoms with Gasteiger partial charge in [-0.25, -0.2) is 0 Å². The molecule has 3 aromatic carbocycles. The number of aromatic amines is 1. The lowest BCUT2D eigenvalue weighted by molar-refractivity contribution is -0.137. The smallest absolute Gasteiger partial charge is 0.303 e. The largest absolute Gasteiger partial charge is 0.481 e. The normalized spacial score (nSPS) is 12.0. The summed E-state index contributed by atoms with van der Waals surface area (Å²) in [6.07, 6.45) is 4.34. The second-order valence-corrected chi connectivity index (χ2v) is 9.05. The predicted molar refractivity (Wildman–Crippen MR) is 141 cm³/mol. The molecule has 6 nitrogen and oxygen atoms in total. The molecule has 0 saturated carbocycles. The summed E-state index contributed by atoms with van der Waals surface area (Å²) < 4.78 is 0. The van der Waals surface area contributed by atoms with Crippen LogP contribution in [0.25, 0.3) is 21.8 Å². The number of benzene rings is 3. The van der Waals surface area contributed by atoms with E-state index >= 15 is 0 Å². The van der Waals surface area contributed by atoms with Gasteiger partial charge in [0.05, 0.1) is 18.0 Å². The van der Waals surface area contributed by atoms with E-state index in [2.05, 4.69) is 34.3 Å². The zero-order valence-corrected chi connectivity index (χ0v) is 20.0. The molecule has 0 aliphatic heterocycles. The molecule has 0 aliphatic rings. The summed E-state index contributed by atoms with van der Waals surface area (Å²) in [6, 6.07) is 23.5. The summed E-state index contributed by atoms with van der Waals surface area (Å²) in [4.78, 5) is 32.2. The first kappa shape index (κ1) is 23.3. The molecule has 36 heavy (non-hydrogen) atoms. The van der Waals surface area contributed by atoms with Gasteiger partial charge in [-0.2, -0.15) is 0 Å². The van der Waals surface area contributed by atoms with Crippen molar-refractivity contribution in [2.75, 3.05) is 0 Å². The van der Waals surface area contributed by atoms with Crippen LogP contribution in [0, 0.1) is 6.92 Å². The topological polar surface area (TPSA) is 95.1 Å². The Morgan fingerprint density at radius 2 is 1.83 bits per heavy atom. The van der Waals surface area contributed by atoms with Crippen LogP contribution in [0.2, 0.25) is 0 Å². The zero-order valence-electron chi connectivity index (χ0n) is 20.0. The van der Waals surface area contributed by atoms with Gasteiger partial charge in [0.15, 0.2) is 0 Å². The van der Waals surface area contributed by atoms with Gasteiger partial charge in [-0.3, -0.25) is 14.6 Å². The van der Waals surface area contributed by atoms with Crippen molar-refractivity contribution in [3.05, 3.63) is 113 Å². The molecule has 6 heteroatoms. The minimum absolute atomic E-state index is 0.0644. The number of carbonyl (C=O) groups excluding carboxylic acids is 1. The Hall–Kier alpha value is -4.45. The molecule has 0 spiro atoms. The maximum absolute atomic E-state index is 13.3. The molecule has 1 atom stereocenters. The molecule has 0 fully saturated rings. The van der Waals surface area contributed by atoms with Crippen molar-refractivity contribution in [2.45, 2.75) is 32.2 Å². The maximum atomic E-state index is 13.3. The van der Waals surface area contributed by atoms with Crippen molar-refractivity contribution in [3.8, 4) is 0 Å². The number of carboxylic acids is 1. The average molecular weight is 478 g/mol. The zero-order chi connectivity index (χ0) is 25.1. The Balaban J connectivity index is 1.44. The molecule has 3 N–H and O–H groups in total. The van der Waals surface area contributed by atoms with Crippen LogP contribution in [-0.4, -0.2) is 27.0 Å². The summed E-state index contributed by atoms with van der Waals surface area (Å²) in [7, 11) is 0. The third-order valence-electron chi connectivity index (χ3n) is 6.57. The van der Waals surface area contributed by atoms with Crippen LogP contribution in [0.1, 0.15) is 40.3 Å². The standard InChI is InChI=1S/C30H27N3O3/c1-19-9-12-24(30-23(19)8-5-15-31-30)29(21-6-3-2-4-7-21)33-27(34)17-20-10-13-26-25(16-20)22(18-32-26)11-14-28(35)36/h2-10,12-13,15-16,18,29,32H,11,14,17H2,1H3,(H,33,34)(H,35,36). The van der Waals surface area contributed by atoms with Gasteiger partial charge in [0.1, 0.15) is 0 Å². The molecule has 0 radical (unpaired) electrons. The van der Waals surface area contributed by atoms with Gasteiger partial charge in [0.2, 0.25) is 5.91 Å². The van der Waals surface area contributed by atoms with E-state index in [0.29, 0.717) is 6.42 Å². The van der Waals surface area contributed by atoms with E-state index in [4.69, 9.17) is 5.11 Å². The van der Waals surface area contributed by atoms with E-state index < -0.39 is 5.97 Å². The number of aliphatic carboxylic acids is 1. The highest BCUT2D eigenvalue weighted by Crippen LogP contribution is 2.30. The quantitative estimate of drug-likeness (QED) is 0.275. The molecule has 180 valence electrons. The lowest BCUT2D eigenvalue weighted by atomic mass is 9.94. The Morgan fingerprint density at radius 3 is 2.64 bits per heavy atom. The molecular weight excluding hydrogens is 450 g/mol. The second kappa shape index (κ2) is 10.0. The fourth-order valence-electron chi connectivity index (χ4n) is 4.74. The van der Waals surface area contributed by atoms with Crippen molar-refractivity contribution in [1.29, 1.82) is 0 Å². The van der Waals surface area contributed by atoms with Crippen molar-refractivity contribution in [3.63, 3.8) is 0 Å². The van der Waals surface area contributed by atoms with Crippen molar-refractivity contribution in [2.24, 2.45) is 0 Å². The fraction of sp³-hybridized carbons (Fsp3) is 0.167. The average Bonchev–Trinajstić information content (AvgIpc) is 3.29. The fourth-order valence-corrected chi connectivity index (χ4v) is 4.74. The van der Waals surface area contributed by atoms with Crippen molar-refractivity contribution in [1.82, 2.24) is 15.3 Å². The van der Waals surface area contributed by atoms with E-state index in [-0.39, 0.29) is 24.8 Å². The van der Waals surface area contributed by atoms with Gasteiger partial charge in [0.25, 0.3) is 0 Å². The lowest BCUT2D eigenvalue weighted by Gasteiger charge is -2.22. The monoisotopic (exact) mass is 477 g/mol. The number of pyridine rings is 1. The molecule has 1 unspecified atom stereocenters. The predicted octanol–water partition coefficient (Wildman–Crippen LogP) is 5.49. The number of fused-ring (bicyclic) bond motifs is 2. The van der Waals surface area contributed by atoms with Crippen LogP contribution < -0.4 is 5.32 Å². The number of rotatable bonds is 8. The Morgan fingerprint density at radius 1 is 1.00 bits per heavy atom. The van der Waals surface area contributed by atoms with Crippen LogP contribution in [0.5, 0.6) is 0 Å². The molecule has 0 saturated heterocycles. The molecule has 5 rings (SSSR count). The summed E-state index contributed by atoms with van der Waals surface area (Å²) in [5, 5.41) is 14.3. The molecule has 0 aliphatic carbocycles. The minimum atomic E-state index is -0.829. The van der Waals surface area contributed by atoms with E-state index in [0.717, 1.165) is 49.6 Å². The highest BCUT2D eigenvalue weighted by atomic mass is 16.4. The van der Waals surface area contributed by atoms with Crippen molar-refractivity contribution < 1.29 is 14.7 Å². The van der Waals surface area contributed by atoms with E-state index in [1.54, 1.807) is 6.20 Å². The lowest BCUT2D eigenvalue weighted by Crippen LogP contribution is -2.30. The maximum Gasteiger partial charge on any atom is 0.303 e. The first-order valence-electron chi connectivity index (χ1n) is 12.0. The molecular formula is C30H27N3O3. The van der Waals surface area contributed by atoms with Gasteiger partial charge in [-0.15, -0.1) is 0 Å². The number of aryl methyl sites for hydroxylation is 2. The van der Waals surface area contributed by atoms with Crippen LogP contribution in [0.4, 0.5) is 0 Å². The number of carboxylic acid groups (broad SMARTS) is 1. The number of nitrogens with zero attached hydrogens (tertiary/aromatic N) is 1. The van der Waals surface area contributed by atoms with Crippen LogP contribution >= 0.6 is 0 Å². The van der Waals surface area contributed by atoms with Gasteiger partial charge in [-0.1, -0.05) is 54.6 Å². The minimum Gasteiger partial charge on any atom is -0.481 e. The Labute approximate surface area is 209 Å². The summed E-state index contributed by atoms with van der Waals surface area (Å²) in [6.45, 7) is 2.06. The molecule has 5 aromatic rings. The van der Waals surface area contributed by atoms with Crippen molar-refractivity contribution >= 4 is 33.7 Å². The van der Waals surface area contributed by atoms with Crippen LogP contribution in [-0.2, 0) is 22.4 Å². The van der Waals surface area contributed by atoms with Crippen LogP contribution in [0.15, 0.2) is 85.2 Å². The van der Waals surface area contributed by atoms with Gasteiger partial charge in [0, 0.05) is 40.7 Å². The van der Waals surface area contributed by atoms with Gasteiger partial charge in [-0.05, 0) is 53.8 Å². The molecule has 2 aromatic heterocycles. The SMILES string of the molecule is Cc1ccc(C(NC(=O)Cc2ccc3[nH]cc(CCC(=O)O)c3c2)c2ccccc2)c2ncccc12. The first-order valence-corrected chi connectivity index (χ1v) is 12.0. The highest BCUT2D eigenvalue weighted by Gasteiger charge is 2.21. The number of aromatic nitrogens is 2. The highest BCUT2D eigenvalue weighted by molar-refractivity contribution is 5.88. The molecule has 2 heterocycles. The van der Waals surface area contributed by atoms with E-state index in [1.807, 2.05) is 66.9 Å². The number of nitrogens with one attached hydrogen (secondary N) is 2. The summed E-state index contributed by atoms with van der Waals surface area (Å²) >= 11 is 0. The van der Waals surface area contributed by atoms with E-state index in [1.165, 1.54) is 0 Å². The molecule has 0 bridgehead atoms. The van der Waals surface area contributed by atoms with Gasteiger partial charge >= 0.3 is 5.97 Å². The number of hydrogen-bond donors (Lipinski definition) is 3. The summed E-state index contributed by atoms with van der Waals surface area (Å²) in [5.74, 6) is -0.930. The number of carbonyl (C=O) groups is 2. The van der Waals surface area contributed by atoms with Crippen LogP contribution in [0.3, 0.4) is 0 Å². The van der Waals surface area contributed by atoms with E-state index in [9.17, 15) is 9.59 Å². The number of amides is 1. The second-order valence-electron chi connectivity index (χ2n) is 9.05. The molecule has 1 amide bonds. The van der Waals surface area contributed by atoms with Gasteiger partial charge < -0.3 is 15.4 Å². The number of hydrogen-bond acceptors (Lipinski definition) is 3. The summed E-state index contributed by atoms with van der Waals surface area (Å²) in [5.41, 5.74) is 6.69. The first-order chi connectivity index (χ1) is 17.5. The third-order valence-corrected chi connectivity index (χ3v) is 6.57.